The van der Waals surface area contributed by atoms with Crippen LogP contribution in [0.1, 0.15) is 0 Å². The van der Waals surface area contributed by atoms with E-state index in [9.17, 15) is 8.42 Å². The Bertz CT molecular complexity index is 123. The molecule has 7 heavy (non-hydrogen) atoms. The molecule has 0 amide bonds. The van der Waals surface area contributed by atoms with Crippen molar-refractivity contribution in [2.75, 3.05) is 0 Å². The van der Waals surface area contributed by atoms with Gasteiger partial charge in [-0.2, -0.15) is 13.4 Å². The van der Waals surface area contributed by atoms with Crippen LogP contribution in [0, 0.1) is 0 Å². The molecule has 0 aliphatic heterocycles. The Balaban J connectivity index is 3.60. The quantitative estimate of drug-likeness (QED) is 0.348. The van der Waals surface area contributed by atoms with Gasteiger partial charge >= 0.3 is 10.3 Å². The molecule has 3 N–H and O–H groups in total. The number of nitrogens with one attached hydrogen (secondary N) is 2. The molecule has 0 atom stereocenters. The Labute approximate surface area is 40.0 Å². The summed E-state index contributed by atoms with van der Waals surface area (Å²) in [5.74, 6) is 5.71. The first kappa shape index (κ1) is 6.79. The van der Waals surface area contributed by atoms with Gasteiger partial charge in [0, 0.05) is 0 Å². The van der Waals surface area contributed by atoms with Crippen molar-refractivity contribution in [2.24, 2.45) is 0 Å². The van der Waals surface area contributed by atoms with Crippen molar-refractivity contribution in [3.05, 3.63) is 0 Å². The highest BCUT2D eigenvalue weighted by molar-refractivity contribution is 7.83. The van der Waals surface area contributed by atoms with E-state index in [1.165, 1.54) is 0 Å². The summed E-state index contributed by atoms with van der Waals surface area (Å²) in [6.45, 7) is 0. The minimum atomic E-state index is -4.33. The minimum absolute atomic E-state index is 0.979. The molecule has 0 aliphatic rings. The van der Waals surface area contributed by atoms with Crippen LogP contribution in [0.15, 0.2) is 0 Å². The highest BCUT2D eigenvalue weighted by Gasteiger charge is 1.97. The molecule has 6 nitrogen and oxygen atoms in total. The molecule has 0 aromatic heterocycles. The van der Waals surface area contributed by atoms with Gasteiger partial charge in [0.1, 0.15) is 0 Å². The fourth-order valence-corrected chi connectivity index (χ4v) is 0.158. The van der Waals surface area contributed by atoms with Gasteiger partial charge in [0.15, 0.2) is 0 Å². The second-order valence-corrected chi connectivity index (χ2v) is 1.78. The maximum atomic E-state index is 9.43. The molecule has 0 aliphatic carbocycles. The van der Waals surface area contributed by atoms with Gasteiger partial charge in [-0.05, 0) is 4.89 Å². The van der Waals surface area contributed by atoms with Gasteiger partial charge in [0.25, 0.3) is 0 Å². The van der Waals surface area contributed by atoms with E-state index in [2.05, 4.69) is 4.94 Å². The van der Waals surface area contributed by atoms with E-state index >= 15 is 0 Å². The Morgan fingerprint density at radius 3 is 2.14 bits per heavy atom. The second kappa shape index (κ2) is 2.19. The predicted octanol–water partition coefficient (Wildman–Crippen LogP) is -1.49. The van der Waals surface area contributed by atoms with Crippen LogP contribution >= 0.6 is 0 Å². The van der Waals surface area contributed by atoms with Crippen molar-refractivity contribution in [1.29, 1.82) is 0 Å². The summed E-state index contributed by atoms with van der Waals surface area (Å²) in [6, 6.07) is 0. The van der Waals surface area contributed by atoms with Gasteiger partial charge < -0.3 is 0 Å². The van der Waals surface area contributed by atoms with Gasteiger partial charge in [0.2, 0.25) is 0 Å². The molecule has 1 radical (unpaired) electrons. The van der Waals surface area contributed by atoms with Crippen LogP contribution < -0.4 is 10.8 Å². The number of rotatable bonds is 2. The monoisotopic (exact) mass is 127 g/mol. The van der Waals surface area contributed by atoms with Crippen molar-refractivity contribution in [3.63, 3.8) is 0 Å². The molecule has 43 valence electrons. The van der Waals surface area contributed by atoms with Crippen molar-refractivity contribution in [1.82, 2.24) is 10.8 Å². The zero-order valence-corrected chi connectivity index (χ0v) is 3.90. The van der Waals surface area contributed by atoms with Gasteiger partial charge in [-0.3, -0.25) is 4.55 Å². The van der Waals surface area contributed by atoms with Gasteiger partial charge in [-0.1, -0.05) is 5.90 Å². The first-order chi connectivity index (χ1) is 3.06. The number of hydrogen-bond acceptors (Lipinski definition) is 3. The first-order valence-electron chi connectivity index (χ1n) is 1.13. The molecule has 0 fully saturated rings. The van der Waals surface area contributed by atoms with Gasteiger partial charge in [-0.25, -0.2) is 0 Å². The largest absolute Gasteiger partial charge is 0.357 e. The van der Waals surface area contributed by atoms with Crippen molar-refractivity contribution >= 4 is 10.3 Å². The third kappa shape index (κ3) is 5.79. The zero-order chi connectivity index (χ0) is 5.91. The smallest absolute Gasteiger partial charge is 0.272 e. The third-order valence-electron chi connectivity index (χ3n) is 0.147. The molecule has 7 heteroatoms. The van der Waals surface area contributed by atoms with E-state index in [4.69, 9.17) is 10.4 Å². The summed E-state index contributed by atoms with van der Waals surface area (Å²) in [7, 11) is -4.33. The molecule has 0 unspecified atom stereocenters. The van der Waals surface area contributed by atoms with E-state index in [1.54, 1.807) is 0 Å². The van der Waals surface area contributed by atoms with Crippen LogP contribution in [0.4, 0.5) is 0 Å². The summed E-state index contributed by atoms with van der Waals surface area (Å²) in [6.07, 6.45) is 0. The highest BCUT2D eigenvalue weighted by atomic mass is 32.2. The molecular weight excluding hydrogens is 124 g/mol. The summed E-state index contributed by atoms with van der Waals surface area (Å²) >= 11 is 0. The maximum absolute atomic E-state index is 9.43. The van der Waals surface area contributed by atoms with Gasteiger partial charge in [-0.15, -0.1) is 0 Å². The SMILES string of the molecule is [NH]ONS(=O)(=O)O. The highest BCUT2D eigenvalue weighted by Crippen LogP contribution is 1.66. The van der Waals surface area contributed by atoms with E-state index in [0.717, 1.165) is 4.89 Å². The zero-order valence-electron chi connectivity index (χ0n) is 3.08. The Kier molecular flexibility index (Phi) is 2.12. The van der Waals surface area contributed by atoms with Crippen LogP contribution in [-0.4, -0.2) is 13.0 Å². The van der Waals surface area contributed by atoms with Crippen molar-refractivity contribution < 1.29 is 17.9 Å². The molecule has 0 saturated carbocycles. The van der Waals surface area contributed by atoms with Crippen LogP contribution in [0.5, 0.6) is 0 Å². The van der Waals surface area contributed by atoms with Crippen molar-refractivity contribution in [3.8, 4) is 0 Å². The van der Waals surface area contributed by atoms with E-state index in [1.807, 2.05) is 0 Å². The fraction of sp³-hybridized carbons (Fsp3) is 0. The second-order valence-electron chi connectivity index (χ2n) is 0.660. The van der Waals surface area contributed by atoms with Crippen LogP contribution in [0.25, 0.3) is 0 Å². The minimum Gasteiger partial charge on any atom is -0.272 e. The average molecular weight is 127 g/mol. The van der Waals surface area contributed by atoms with E-state index < -0.39 is 10.3 Å². The van der Waals surface area contributed by atoms with Crippen LogP contribution in [-0.2, 0) is 15.2 Å². The first-order valence-corrected chi connectivity index (χ1v) is 2.57. The predicted molar refractivity (Wildman–Crippen MR) is 18.9 cm³/mol. The topological polar surface area (TPSA) is 99.4 Å². The molecule has 0 aromatic rings. The standard InChI is InChI=1S/H3N2O4S/c1-6-2-7(3,4)5/h1-2H,(H,3,4,5). The normalized spacial score (nSPS) is 11.7. The molecule has 0 aromatic carbocycles. The van der Waals surface area contributed by atoms with Crippen molar-refractivity contribution in [2.45, 2.75) is 0 Å². The third-order valence-corrected chi connectivity index (χ3v) is 0.441. The summed E-state index contributed by atoms with van der Waals surface area (Å²) in [4.78, 5) is 4.05. The summed E-state index contributed by atoms with van der Waals surface area (Å²) in [5, 5.41) is 0. The van der Waals surface area contributed by atoms with Crippen LogP contribution in [0.2, 0.25) is 0 Å². The lowest BCUT2D eigenvalue weighted by atomic mass is 13.3. The van der Waals surface area contributed by atoms with E-state index in [0.29, 0.717) is 0 Å². The Morgan fingerprint density at radius 1 is 1.71 bits per heavy atom. The molecule has 0 spiro atoms. The maximum Gasteiger partial charge on any atom is 0.357 e. The van der Waals surface area contributed by atoms with Crippen LogP contribution in [0.3, 0.4) is 0 Å². The molecule has 0 heterocycles. The lowest BCUT2D eigenvalue weighted by Crippen LogP contribution is -2.21. The average Bonchev–Trinajstić information content (AvgIpc) is 1.30. The van der Waals surface area contributed by atoms with Gasteiger partial charge in [0.05, 0.1) is 0 Å². The Morgan fingerprint density at radius 2 is 2.14 bits per heavy atom. The summed E-state index contributed by atoms with van der Waals surface area (Å²) in [5.41, 5.74) is 0. The molecule has 0 bridgehead atoms. The molecule has 0 rings (SSSR count). The summed E-state index contributed by atoms with van der Waals surface area (Å²) < 4.78 is 26.5. The molecule has 0 saturated heterocycles. The lowest BCUT2D eigenvalue weighted by molar-refractivity contribution is 0.0702. The lowest BCUT2D eigenvalue weighted by Gasteiger charge is -1.88. The van der Waals surface area contributed by atoms with E-state index in [-0.39, 0.29) is 0 Å². The number of hydrogen-bond donors (Lipinski definition) is 2. The Hall–Kier alpha value is -0.210. The molecular formula is H3N2O4S. The fourth-order valence-electron chi connectivity index (χ4n) is 0.0527.